The predicted octanol–water partition coefficient (Wildman–Crippen LogP) is 1.60. The van der Waals surface area contributed by atoms with Crippen LogP contribution in [0.1, 0.15) is 12.2 Å². The van der Waals surface area contributed by atoms with E-state index < -0.39 is 4.92 Å². The molecule has 0 unspecified atom stereocenters. The highest BCUT2D eigenvalue weighted by Crippen LogP contribution is 2.31. The Morgan fingerprint density at radius 2 is 2.35 bits per heavy atom. The van der Waals surface area contributed by atoms with Gasteiger partial charge >= 0.3 is 5.00 Å². The van der Waals surface area contributed by atoms with Crippen LogP contribution in [0.25, 0.3) is 10.8 Å². The van der Waals surface area contributed by atoms with Gasteiger partial charge in [0.05, 0.1) is 9.80 Å². The van der Waals surface area contributed by atoms with Crippen LogP contribution in [0.15, 0.2) is 16.7 Å². The van der Waals surface area contributed by atoms with E-state index >= 15 is 0 Å². The van der Waals surface area contributed by atoms with E-state index in [0.29, 0.717) is 29.6 Å². The maximum Gasteiger partial charge on any atom is 0.324 e. The van der Waals surface area contributed by atoms with Gasteiger partial charge in [-0.05, 0) is 19.0 Å². The summed E-state index contributed by atoms with van der Waals surface area (Å²) in [5.41, 5.74) is 5.37. The van der Waals surface area contributed by atoms with Crippen LogP contribution in [0.4, 0.5) is 5.00 Å². The number of aromatic nitrogens is 2. The summed E-state index contributed by atoms with van der Waals surface area (Å²) in [4.78, 5) is 14.8. The van der Waals surface area contributed by atoms with Gasteiger partial charge in [0.1, 0.15) is 0 Å². The van der Waals surface area contributed by atoms with E-state index in [-0.39, 0.29) is 5.00 Å². The molecular formula is C9H10N4O3S. The van der Waals surface area contributed by atoms with Crippen molar-refractivity contribution in [2.24, 2.45) is 5.73 Å². The highest BCUT2D eigenvalue weighted by atomic mass is 32.1. The first-order valence-corrected chi connectivity index (χ1v) is 5.79. The minimum Gasteiger partial charge on any atom is -0.333 e. The summed E-state index contributed by atoms with van der Waals surface area (Å²) >= 11 is 1.01. The molecule has 0 fully saturated rings. The zero-order valence-corrected chi connectivity index (χ0v) is 9.64. The first-order valence-electron chi connectivity index (χ1n) is 4.98. The van der Waals surface area contributed by atoms with Crippen molar-refractivity contribution in [1.82, 2.24) is 10.1 Å². The number of aryl methyl sites for hydroxylation is 1. The van der Waals surface area contributed by atoms with Gasteiger partial charge < -0.3 is 10.3 Å². The first kappa shape index (κ1) is 11.7. The van der Waals surface area contributed by atoms with Gasteiger partial charge in [0.2, 0.25) is 0 Å². The summed E-state index contributed by atoms with van der Waals surface area (Å²) in [7, 11) is 0. The lowest BCUT2D eigenvalue weighted by molar-refractivity contribution is -0.380. The molecule has 17 heavy (non-hydrogen) atoms. The van der Waals surface area contributed by atoms with Crippen LogP contribution in [-0.2, 0) is 6.42 Å². The standard InChI is InChI=1S/C9H10N4O3S/c10-5-1-2-7-11-9(16-12-7)6-3-4-8(17-6)13(14)15/h3-4H,1-2,5,10H2. The van der Waals surface area contributed by atoms with Crippen molar-refractivity contribution in [2.45, 2.75) is 12.8 Å². The van der Waals surface area contributed by atoms with E-state index in [0.717, 1.165) is 17.8 Å². The molecule has 2 aromatic heterocycles. The zero-order chi connectivity index (χ0) is 12.3. The smallest absolute Gasteiger partial charge is 0.324 e. The maximum absolute atomic E-state index is 10.5. The molecule has 0 saturated heterocycles. The number of thiophene rings is 1. The van der Waals surface area contributed by atoms with Crippen LogP contribution in [-0.4, -0.2) is 21.6 Å². The largest absolute Gasteiger partial charge is 0.333 e. The lowest BCUT2D eigenvalue weighted by Crippen LogP contribution is -2.01. The van der Waals surface area contributed by atoms with E-state index in [1.807, 2.05) is 0 Å². The Labute approximate surface area is 100 Å². The Morgan fingerprint density at radius 1 is 1.53 bits per heavy atom. The summed E-state index contributed by atoms with van der Waals surface area (Å²) in [6.07, 6.45) is 1.43. The van der Waals surface area contributed by atoms with Crippen LogP contribution in [0.5, 0.6) is 0 Å². The third kappa shape index (κ3) is 2.66. The van der Waals surface area contributed by atoms with E-state index in [9.17, 15) is 10.1 Å². The molecule has 0 aliphatic heterocycles. The van der Waals surface area contributed by atoms with Gasteiger partial charge in [0, 0.05) is 12.5 Å². The lowest BCUT2D eigenvalue weighted by atomic mass is 10.3. The number of nitro groups is 1. The second-order valence-corrected chi connectivity index (χ2v) is 4.37. The summed E-state index contributed by atoms with van der Waals surface area (Å²) < 4.78 is 5.03. The maximum atomic E-state index is 10.5. The predicted molar refractivity (Wildman–Crippen MR) is 61.6 cm³/mol. The Hall–Kier alpha value is -1.80. The Kier molecular flexibility index (Phi) is 3.45. The Morgan fingerprint density at radius 3 is 3.00 bits per heavy atom. The molecule has 0 atom stereocenters. The molecule has 0 aromatic carbocycles. The molecule has 90 valence electrons. The van der Waals surface area contributed by atoms with Gasteiger partial charge in [-0.15, -0.1) is 0 Å². The van der Waals surface area contributed by atoms with Crippen LogP contribution < -0.4 is 5.73 Å². The van der Waals surface area contributed by atoms with Gasteiger partial charge in [0.25, 0.3) is 5.89 Å². The minimum atomic E-state index is -0.445. The number of nitrogens with two attached hydrogens (primary N) is 1. The number of hydrogen-bond acceptors (Lipinski definition) is 7. The van der Waals surface area contributed by atoms with E-state index in [1.165, 1.54) is 6.07 Å². The number of nitrogens with zero attached hydrogens (tertiary/aromatic N) is 3. The third-order valence-corrected chi connectivity index (χ3v) is 3.08. The van der Waals surface area contributed by atoms with Gasteiger partial charge in [-0.3, -0.25) is 10.1 Å². The average Bonchev–Trinajstić information content (AvgIpc) is 2.94. The molecule has 0 bridgehead atoms. The molecule has 0 radical (unpaired) electrons. The second kappa shape index (κ2) is 5.02. The third-order valence-electron chi connectivity index (χ3n) is 2.06. The van der Waals surface area contributed by atoms with Gasteiger partial charge in [-0.2, -0.15) is 4.98 Å². The molecule has 0 spiro atoms. The molecule has 0 saturated carbocycles. The summed E-state index contributed by atoms with van der Waals surface area (Å²) in [6, 6.07) is 3.02. The topological polar surface area (TPSA) is 108 Å². The molecule has 2 heterocycles. The minimum absolute atomic E-state index is 0.0571. The lowest BCUT2D eigenvalue weighted by Gasteiger charge is -1.88. The van der Waals surface area contributed by atoms with Crippen LogP contribution in [0.2, 0.25) is 0 Å². The molecule has 2 aromatic rings. The van der Waals surface area contributed by atoms with Crippen molar-refractivity contribution < 1.29 is 9.45 Å². The second-order valence-electron chi connectivity index (χ2n) is 3.30. The molecule has 2 rings (SSSR count). The van der Waals surface area contributed by atoms with Crippen LogP contribution >= 0.6 is 11.3 Å². The average molecular weight is 254 g/mol. The van der Waals surface area contributed by atoms with Crippen molar-refractivity contribution in [1.29, 1.82) is 0 Å². The van der Waals surface area contributed by atoms with Gasteiger partial charge in [-0.25, -0.2) is 0 Å². The van der Waals surface area contributed by atoms with E-state index in [2.05, 4.69) is 10.1 Å². The van der Waals surface area contributed by atoms with Crippen molar-refractivity contribution >= 4 is 16.3 Å². The summed E-state index contributed by atoms with van der Waals surface area (Å²) in [5.74, 6) is 0.886. The Bertz CT molecular complexity index is 522. The molecule has 7 nitrogen and oxygen atoms in total. The molecule has 2 N–H and O–H groups in total. The fraction of sp³-hybridized carbons (Fsp3) is 0.333. The fourth-order valence-corrected chi connectivity index (χ4v) is 2.00. The highest BCUT2D eigenvalue weighted by Gasteiger charge is 2.15. The summed E-state index contributed by atoms with van der Waals surface area (Å²) in [5, 5.41) is 14.4. The SMILES string of the molecule is NCCCc1noc(-c2ccc([N+](=O)[O-])s2)n1. The molecule has 8 heteroatoms. The zero-order valence-electron chi connectivity index (χ0n) is 8.83. The van der Waals surface area contributed by atoms with Crippen LogP contribution in [0, 0.1) is 10.1 Å². The fourth-order valence-electron chi connectivity index (χ4n) is 1.26. The Balaban J connectivity index is 2.15. The molecule has 0 aliphatic rings. The van der Waals surface area contributed by atoms with E-state index in [1.54, 1.807) is 6.07 Å². The van der Waals surface area contributed by atoms with Crippen molar-refractivity contribution in [3.8, 4) is 10.8 Å². The normalized spacial score (nSPS) is 10.6. The molecule has 0 aliphatic carbocycles. The quantitative estimate of drug-likeness (QED) is 0.641. The van der Waals surface area contributed by atoms with Gasteiger partial charge in [0.15, 0.2) is 5.82 Å². The monoisotopic (exact) mass is 254 g/mol. The molecular weight excluding hydrogens is 244 g/mol. The van der Waals surface area contributed by atoms with Crippen molar-refractivity contribution in [2.75, 3.05) is 6.54 Å². The van der Waals surface area contributed by atoms with Crippen LogP contribution in [0.3, 0.4) is 0 Å². The number of hydrogen-bond donors (Lipinski definition) is 1. The van der Waals surface area contributed by atoms with E-state index in [4.69, 9.17) is 10.3 Å². The highest BCUT2D eigenvalue weighted by molar-refractivity contribution is 7.18. The first-order chi connectivity index (χ1) is 8.20. The van der Waals surface area contributed by atoms with Crippen molar-refractivity contribution in [3.05, 3.63) is 28.1 Å². The molecule has 0 amide bonds. The van der Waals surface area contributed by atoms with Crippen molar-refractivity contribution in [3.63, 3.8) is 0 Å². The number of rotatable bonds is 5. The van der Waals surface area contributed by atoms with Gasteiger partial charge in [-0.1, -0.05) is 16.5 Å². The summed E-state index contributed by atoms with van der Waals surface area (Å²) in [6.45, 7) is 0.564.